The molecule has 19 heavy (non-hydrogen) atoms. The maximum absolute atomic E-state index is 6.31. The van der Waals surface area contributed by atoms with Gasteiger partial charge in [0.2, 0.25) is 0 Å². The molecule has 0 saturated carbocycles. The molecule has 1 aromatic heterocycles. The second-order valence-electron chi connectivity index (χ2n) is 5.90. The van der Waals surface area contributed by atoms with Crippen molar-refractivity contribution in [3.8, 4) is 0 Å². The van der Waals surface area contributed by atoms with Crippen molar-refractivity contribution >= 4 is 23.3 Å². The zero-order valence-corrected chi connectivity index (χ0v) is 13.4. The third kappa shape index (κ3) is 3.19. The monoisotopic (exact) mass is 282 g/mol. The van der Waals surface area contributed by atoms with Crippen molar-refractivity contribution in [3.05, 3.63) is 5.69 Å². The van der Waals surface area contributed by atoms with E-state index in [1.165, 1.54) is 6.42 Å². The molecule has 108 valence electrons. The van der Waals surface area contributed by atoms with Gasteiger partial charge < -0.3 is 10.6 Å². The van der Waals surface area contributed by atoms with Gasteiger partial charge in [-0.1, -0.05) is 27.2 Å². The Labute approximate surface area is 120 Å². The van der Waals surface area contributed by atoms with Crippen LogP contribution in [0.4, 0.5) is 11.5 Å². The topological polar surface area (TPSA) is 47.1 Å². The predicted octanol–water partition coefficient (Wildman–Crippen LogP) is 2.68. The second-order valence-corrected chi connectivity index (χ2v) is 7.70. The SMILES string of the molecule is CCCc1nn(C)c(N2CCSC(C)(C)CC2)c1N. The Balaban J connectivity index is 2.22. The van der Waals surface area contributed by atoms with Crippen LogP contribution in [0.15, 0.2) is 0 Å². The van der Waals surface area contributed by atoms with Crippen LogP contribution in [0.25, 0.3) is 0 Å². The van der Waals surface area contributed by atoms with E-state index in [1.54, 1.807) is 0 Å². The van der Waals surface area contributed by atoms with Crippen LogP contribution >= 0.6 is 11.8 Å². The molecule has 1 saturated heterocycles. The van der Waals surface area contributed by atoms with E-state index in [9.17, 15) is 0 Å². The van der Waals surface area contributed by atoms with Gasteiger partial charge in [-0.25, -0.2) is 0 Å². The fourth-order valence-electron chi connectivity index (χ4n) is 2.61. The highest BCUT2D eigenvalue weighted by Gasteiger charge is 2.26. The zero-order chi connectivity index (χ0) is 14.0. The number of nitrogen functional groups attached to an aromatic ring is 1. The van der Waals surface area contributed by atoms with Gasteiger partial charge >= 0.3 is 0 Å². The molecule has 0 unspecified atom stereocenters. The highest BCUT2D eigenvalue weighted by Crippen LogP contribution is 2.34. The fourth-order valence-corrected chi connectivity index (χ4v) is 3.71. The molecule has 0 amide bonds. The van der Waals surface area contributed by atoms with E-state index in [0.29, 0.717) is 4.75 Å². The molecule has 1 aliphatic rings. The molecule has 0 aromatic carbocycles. The summed E-state index contributed by atoms with van der Waals surface area (Å²) in [5, 5.41) is 4.59. The lowest BCUT2D eigenvalue weighted by Gasteiger charge is -2.24. The summed E-state index contributed by atoms with van der Waals surface area (Å²) in [4.78, 5) is 2.41. The van der Waals surface area contributed by atoms with Crippen molar-refractivity contribution in [2.24, 2.45) is 7.05 Å². The third-order valence-corrected chi connectivity index (χ3v) is 5.13. The van der Waals surface area contributed by atoms with Crippen LogP contribution in [0.5, 0.6) is 0 Å². The molecular weight excluding hydrogens is 256 g/mol. The van der Waals surface area contributed by atoms with E-state index >= 15 is 0 Å². The third-order valence-electron chi connectivity index (χ3n) is 3.75. The summed E-state index contributed by atoms with van der Waals surface area (Å²) in [7, 11) is 2.01. The van der Waals surface area contributed by atoms with E-state index in [2.05, 4.69) is 42.5 Å². The minimum absolute atomic E-state index is 0.369. The molecule has 1 aliphatic heterocycles. The Morgan fingerprint density at radius 2 is 2.11 bits per heavy atom. The van der Waals surface area contributed by atoms with Crippen LogP contribution in [0, 0.1) is 0 Å². The number of aryl methyl sites for hydroxylation is 2. The maximum Gasteiger partial charge on any atom is 0.150 e. The number of nitrogens with two attached hydrogens (primary N) is 1. The first-order valence-electron chi connectivity index (χ1n) is 7.15. The van der Waals surface area contributed by atoms with Gasteiger partial charge in [-0.15, -0.1) is 0 Å². The van der Waals surface area contributed by atoms with Crippen LogP contribution in [0.2, 0.25) is 0 Å². The van der Waals surface area contributed by atoms with E-state index in [0.717, 1.165) is 48.9 Å². The second kappa shape index (κ2) is 5.65. The van der Waals surface area contributed by atoms with Gasteiger partial charge in [0.05, 0.1) is 11.4 Å². The van der Waals surface area contributed by atoms with Crippen LogP contribution in [0.3, 0.4) is 0 Å². The van der Waals surface area contributed by atoms with Gasteiger partial charge in [0, 0.05) is 30.6 Å². The first kappa shape index (κ1) is 14.6. The zero-order valence-electron chi connectivity index (χ0n) is 12.6. The normalized spacial score (nSPS) is 19.5. The molecule has 2 N–H and O–H groups in total. The molecular formula is C14H26N4S. The van der Waals surface area contributed by atoms with Crippen LogP contribution in [-0.4, -0.2) is 33.4 Å². The average molecular weight is 282 g/mol. The molecule has 0 bridgehead atoms. The van der Waals surface area contributed by atoms with Gasteiger partial charge in [-0.3, -0.25) is 4.68 Å². The summed E-state index contributed by atoms with van der Waals surface area (Å²) in [5.74, 6) is 2.27. The number of hydrogen-bond donors (Lipinski definition) is 1. The number of thioether (sulfide) groups is 1. The largest absolute Gasteiger partial charge is 0.394 e. The minimum atomic E-state index is 0.369. The first-order chi connectivity index (χ1) is 8.94. The number of anilines is 2. The molecule has 0 spiro atoms. The smallest absolute Gasteiger partial charge is 0.150 e. The van der Waals surface area contributed by atoms with Crippen molar-refractivity contribution < 1.29 is 0 Å². The Hall–Kier alpha value is -0.840. The molecule has 0 radical (unpaired) electrons. The minimum Gasteiger partial charge on any atom is -0.394 e. The average Bonchev–Trinajstić information content (AvgIpc) is 2.50. The summed E-state index contributed by atoms with van der Waals surface area (Å²) in [6, 6.07) is 0. The quantitative estimate of drug-likeness (QED) is 0.926. The fraction of sp³-hybridized carbons (Fsp3) is 0.786. The van der Waals surface area contributed by atoms with Crippen molar-refractivity contribution in [3.63, 3.8) is 0 Å². The van der Waals surface area contributed by atoms with Crippen molar-refractivity contribution in [2.75, 3.05) is 29.5 Å². The van der Waals surface area contributed by atoms with Gasteiger partial charge in [0.15, 0.2) is 0 Å². The lowest BCUT2D eigenvalue weighted by molar-refractivity contribution is 0.623. The predicted molar refractivity (Wildman–Crippen MR) is 85.0 cm³/mol. The Bertz CT molecular complexity index is 439. The maximum atomic E-state index is 6.31. The summed E-state index contributed by atoms with van der Waals surface area (Å²) in [6.07, 6.45) is 3.24. The molecule has 2 heterocycles. The molecule has 2 rings (SSSR count). The Morgan fingerprint density at radius 1 is 1.37 bits per heavy atom. The molecule has 0 atom stereocenters. The summed E-state index contributed by atoms with van der Waals surface area (Å²) in [6.45, 7) is 8.95. The van der Waals surface area contributed by atoms with Gasteiger partial charge in [0.25, 0.3) is 0 Å². The van der Waals surface area contributed by atoms with E-state index in [4.69, 9.17) is 5.73 Å². The van der Waals surface area contributed by atoms with Crippen molar-refractivity contribution in [1.82, 2.24) is 9.78 Å². The van der Waals surface area contributed by atoms with Crippen molar-refractivity contribution in [2.45, 2.75) is 44.8 Å². The highest BCUT2D eigenvalue weighted by atomic mass is 32.2. The molecule has 5 heteroatoms. The molecule has 1 fully saturated rings. The number of nitrogens with zero attached hydrogens (tertiary/aromatic N) is 3. The molecule has 4 nitrogen and oxygen atoms in total. The van der Waals surface area contributed by atoms with E-state index in [1.807, 2.05) is 11.7 Å². The van der Waals surface area contributed by atoms with Gasteiger partial charge in [-0.05, 0) is 12.8 Å². The first-order valence-corrected chi connectivity index (χ1v) is 8.13. The molecule has 1 aromatic rings. The summed E-state index contributed by atoms with van der Waals surface area (Å²) >= 11 is 2.06. The number of hydrogen-bond acceptors (Lipinski definition) is 4. The Kier molecular flexibility index (Phi) is 4.33. The van der Waals surface area contributed by atoms with E-state index < -0.39 is 0 Å². The lowest BCUT2D eigenvalue weighted by Crippen LogP contribution is -2.29. The molecule has 0 aliphatic carbocycles. The van der Waals surface area contributed by atoms with Gasteiger partial charge in [-0.2, -0.15) is 16.9 Å². The van der Waals surface area contributed by atoms with Crippen LogP contribution in [-0.2, 0) is 13.5 Å². The Morgan fingerprint density at radius 3 is 2.79 bits per heavy atom. The summed E-state index contributed by atoms with van der Waals surface area (Å²) < 4.78 is 2.33. The highest BCUT2D eigenvalue weighted by molar-refractivity contribution is 8.00. The number of aromatic nitrogens is 2. The van der Waals surface area contributed by atoms with Crippen LogP contribution in [0.1, 0.15) is 39.3 Å². The number of rotatable bonds is 3. The summed E-state index contributed by atoms with van der Waals surface area (Å²) in [5.41, 5.74) is 8.24. The van der Waals surface area contributed by atoms with Crippen molar-refractivity contribution in [1.29, 1.82) is 0 Å². The lowest BCUT2D eigenvalue weighted by atomic mass is 10.1. The standard InChI is InChI=1S/C14H26N4S/c1-5-6-11-12(15)13(17(4)16-11)18-8-7-14(2,3)19-10-9-18/h5-10,15H2,1-4H3. The van der Waals surface area contributed by atoms with E-state index in [-0.39, 0.29) is 0 Å². The van der Waals surface area contributed by atoms with Crippen LogP contribution < -0.4 is 10.6 Å². The van der Waals surface area contributed by atoms with Gasteiger partial charge in [0.1, 0.15) is 5.82 Å².